The van der Waals surface area contributed by atoms with E-state index in [1.165, 1.54) is 0 Å². The quantitative estimate of drug-likeness (QED) is 0.610. The van der Waals surface area contributed by atoms with Crippen molar-refractivity contribution in [2.75, 3.05) is 14.2 Å². The Morgan fingerprint density at radius 2 is 1.97 bits per heavy atom. The summed E-state index contributed by atoms with van der Waals surface area (Å²) in [5.74, 6) is -0.720. The largest absolute Gasteiger partial charge is 0.497 e. The Balaban J connectivity index is 1.73. The minimum atomic E-state index is -4.65. The molecular weight excluding hydrogens is 399 g/mol. The predicted molar refractivity (Wildman–Crippen MR) is 103 cm³/mol. The molecule has 0 aliphatic rings. The van der Waals surface area contributed by atoms with Gasteiger partial charge >= 0.3 is 6.18 Å². The van der Waals surface area contributed by atoms with E-state index in [-0.39, 0.29) is 18.1 Å². The maximum absolute atomic E-state index is 12.9. The molecular formula is C20H22F3N5O2. The van der Waals surface area contributed by atoms with Gasteiger partial charge in [0.15, 0.2) is 0 Å². The second-order valence-corrected chi connectivity index (χ2v) is 7.01. The number of aryl methyl sites for hydroxylation is 2. The predicted octanol–water partition coefficient (Wildman–Crippen LogP) is 3.36. The summed E-state index contributed by atoms with van der Waals surface area (Å²) in [5.41, 5.74) is 2.64. The lowest BCUT2D eigenvalue weighted by Gasteiger charge is -2.18. The maximum atomic E-state index is 12.9. The molecule has 0 fully saturated rings. The van der Waals surface area contributed by atoms with E-state index in [9.17, 15) is 18.0 Å². The first kappa shape index (κ1) is 21.5. The summed E-state index contributed by atoms with van der Waals surface area (Å²) in [6.45, 7) is 3.76. The molecule has 2 aromatic heterocycles. The molecule has 0 radical (unpaired) electrons. The zero-order chi connectivity index (χ0) is 22.1. The van der Waals surface area contributed by atoms with E-state index in [2.05, 4.69) is 15.1 Å². The van der Waals surface area contributed by atoms with Gasteiger partial charge in [0.05, 0.1) is 7.11 Å². The van der Waals surface area contributed by atoms with Gasteiger partial charge in [0, 0.05) is 31.4 Å². The monoisotopic (exact) mass is 421 g/mol. The van der Waals surface area contributed by atoms with Gasteiger partial charge in [-0.3, -0.25) is 4.79 Å². The van der Waals surface area contributed by atoms with Gasteiger partial charge in [-0.25, -0.2) is 9.50 Å². The average Bonchev–Trinajstić information content (AvgIpc) is 3.12. The molecule has 0 unspecified atom stereocenters. The summed E-state index contributed by atoms with van der Waals surface area (Å²) in [4.78, 5) is 21.8. The van der Waals surface area contributed by atoms with E-state index in [4.69, 9.17) is 4.74 Å². The van der Waals surface area contributed by atoms with Crippen LogP contribution in [-0.2, 0) is 23.9 Å². The normalized spacial score (nSPS) is 11.7. The van der Waals surface area contributed by atoms with Crippen molar-refractivity contribution in [2.24, 2.45) is 0 Å². The lowest BCUT2D eigenvalue weighted by Crippen LogP contribution is -2.26. The molecule has 3 rings (SSSR count). The summed E-state index contributed by atoms with van der Waals surface area (Å²) >= 11 is 0. The number of carbonyl (C=O) groups excluding carboxylic acids is 1. The zero-order valence-electron chi connectivity index (χ0n) is 17.1. The molecule has 2 heterocycles. The molecule has 0 saturated carbocycles. The number of halogens is 3. The van der Waals surface area contributed by atoms with Crippen LogP contribution in [0, 0.1) is 13.8 Å². The van der Waals surface area contributed by atoms with Crippen LogP contribution >= 0.6 is 0 Å². The number of aromatic nitrogens is 4. The number of carbonyl (C=O) groups is 1. The number of alkyl halides is 3. The van der Waals surface area contributed by atoms with Gasteiger partial charge in [-0.2, -0.15) is 18.2 Å². The second kappa shape index (κ2) is 8.29. The first-order chi connectivity index (χ1) is 14.1. The van der Waals surface area contributed by atoms with Crippen molar-refractivity contribution in [3.8, 4) is 5.75 Å². The summed E-state index contributed by atoms with van der Waals surface area (Å²) < 4.78 is 45.0. The summed E-state index contributed by atoms with van der Waals surface area (Å²) in [6, 6.07) is 7.45. The molecule has 10 heteroatoms. The van der Waals surface area contributed by atoms with Gasteiger partial charge in [0.2, 0.25) is 5.91 Å². The van der Waals surface area contributed by atoms with Gasteiger partial charge in [0.1, 0.15) is 5.75 Å². The first-order valence-electron chi connectivity index (χ1n) is 9.27. The van der Waals surface area contributed by atoms with Crippen molar-refractivity contribution in [3.05, 3.63) is 52.6 Å². The Kier molecular flexibility index (Phi) is 5.95. The Hall–Kier alpha value is -3.17. The van der Waals surface area contributed by atoms with Crippen molar-refractivity contribution in [2.45, 2.75) is 39.4 Å². The standard InChI is InChI=1S/C20H22F3N5O2/c1-12-16(13(2)28-19(24-12)25-18(26-28)20(21,22)23)8-9-17(29)27(3)11-14-6-5-7-15(10-14)30-4/h5-7,10H,8-9,11H2,1-4H3. The van der Waals surface area contributed by atoms with Crippen molar-refractivity contribution in [3.63, 3.8) is 0 Å². The van der Waals surface area contributed by atoms with Crippen LogP contribution in [0.3, 0.4) is 0 Å². The number of ether oxygens (including phenoxy) is 1. The SMILES string of the molecule is COc1cccc(CN(C)C(=O)CCc2c(C)nc3nc(C(F)(F)F)nn3c2C)c1. The topological polar surface area (TPSA) is 72.6 Å². The lowest BCUT2D eigenvalue weighted by atomic mass is 10.1. The van der Waals surface area contributed by atoms with Crippen LogP contribution < -0.4 is 4.74 Å². The molecule has 160 valence electrons. The summed E-state index contributed by atoms with van der Waals surface area (Å²) in [6.07, 6.45) is -4.12. The molecule has 0 atom stereocenters. The number of fused-ring (bicyclic) bond motifs is 1. The molecule has 1 aromatic carbocycles. The Labute approximate surface area is 171 Å². The Morgan fingerprint density at radius 1 is 1.23 bits per heavy atom. The fourth-order valence-electron chi connectivity index (χ4n) is 3.25. The van der Waals surface area contributed by atoms with Gasteiger partial charge in [-0.1, -0.05) is 12.1 Å². The van der Waals surface area contributed by atoms with Crippen LogP contribution in [0.4, 0.5) is 13.2 Å². The summed E-state index contributed by atoms with van der Waals surface area (Å²) in [7, 11) is 3.28. The first-order valence-corrected chi connectivity index (χ1v) is 9.27. The highest BCUT2D eigenvalue weighted by atomic mass is 19.4. The number of amides is 1. The zero-order valence-corrected chi connectivity index (χ0v) is 17.1. The van der Waals surface area contributed by atoms with Crippen LogP contribution in [0.25, 0.3) is 5.78 Å². The van der Waals surface area contributed by atoms with Crippen molar-refractivity contribution in [1.82, 2.24) is 24.5 Å². The van der Waals surface area contributed by atoms with Gasteiger partial charge in [0.25, 0.3) is 11.6 Å². The Morgan fingerprint density at radius 3 is 2.63 bits per heavy atom. The number of hydrogen-bond donors (Lipinski definition) is 0. The highest BCUT2D eigenvalue weighted by Gasteiger charge is 2.37. The third-order valence-electron chi connectivity index (χ3n) is 4.87. The Bertz CT molecular complexity index is 1080. The smallest absolute Gasteiger partial charge is 0.453 e. The van der Waals surface area contributed by atoms with Crippen molar-refractivity contribution < 1.29 is 22.7 Å². The summed E-state index contributed by atoms with van der Waals surface area (Å²) in [5, 5.41) is 3.53. The minimum absolute atomic E-state index is 0.0914. The molecule has 3 aromatic rings. The van der Waals surface area contributed by atoms with Crippen LogP contribution in [0.1, 0.15) is 34.8 Å². The molecule has 0 spiro atoms. The third-order valence-corrected chi connectivity index (χ3v) is 4.87. The fraction of sp³-hybridized carbons (Fsp3) is 0.400. The molecule has 30 heavy (non-hydrogen) atoms. The van der Waals surface area contributed by atoms with Crippen molar-refractivity contribution >= 4 is 11.7 Å². The van der Waals surface area contributed by atoms with E-state index in [1.807, 2.05) is 24.3 Å². The van der Waals surface area contributed by atoms with Gasteiger partial charge in [-0.05, 0) is 43.5 Å². The molecule has 0 N–H and O–H groups in total. The molecule has 7 nitrogen and oxygen atoms in total. The highest BCUT2D eigenvalue weighted by molar-refractivity contribution is 5.76. The number of nitrogens with zero attached hydrogens (tertiary/aromatic N) is 5. The molecule has 0 bridgehead atoms. The molecule has 0 aliphatic heterocycles. The number of hydrogen-bond acceptors (Lipinski definition) is 5. The molecule has 0 saturated heterocycles. The molecule has 0 aliphatic carbocycles. The fourth-order valence-corrected chi connectivity index (χ4v) is 3.25. The lowest BCUT2D eigenvalue weighted by molar-refractivity contribution is -0.144. The van der Waals surface area contributed by atoms with E-state index < -0.39 is 12.0 Å². The second-order valence-electron chi connectivity index (χ2n) is 7.01. The third kappa shape index (κ3) is 4.52. The average molecular weight is 421 g/mol. The number of benzene rings is 1. The van der Waals surface area contributed by atoms with Crippen LogP contribution in [0.15, 0.2) is 24.3 Å². The van der Waals surface area contributed by atoms with Crippen LogP contribution in [-0.4, -0.2) is 44.5 Å². The molecule has 1 amide bonds. The van der Waals surface area contributed by atoms with Crippen LogP contribution in [0.5, 0.6) is 5.75 Å². The minimum Gasteiger partial charge on any atom is -0.497 e. The van der Waals surface area contributed by atoms with Crippen LogP contribution in [0.2, 0.25) is 0 Å². The highest BCUT2D eigenvalue weighted by Crippen LogP contribution is 2.27. The van der Waals surface area contributed by atoms with Gasteiger partial charge in [-0.15, -0.1) is 5.10 Å². The van der Waals surface area contributed by atoms with E-state index >= 15 is 0 Å². The van der Waals surface area contributed by atoms with E-state index in [0.29, 0.717) is 35.7 Å². The van der Waals surface area contributed by atoms with E-state index in [0.717, 1.165) is 10.1 Å². The number of rotatable bonds is 6. The van der Waals surface area contributed by atoms with Crippen molar-refractivity contribution in [1.29, 1.82) is 0 Å². The number of methoxy groups -OCH3 is 1. The van der Waals surface area contributed by atoms with E-state index in [1.54, 1.807) is 32.9 Å². The maximum Gasteiger partial charge on any atom is 0.453 e. The van der Waals surface area contributed by atoms with Gasteiger partial charge < -0.3 is 9.64 Å².